The molecule has 1 aromatic rings. The topological polar surface area (TPSA) is 17.1 Å². The van der Waals surface area contributed by atoms with Gasteiger partial charge >= 0.3 is 0 Å². The number of hydrogen-bond donors (Lipinski definition) is 0. The SMILES string of the molecule is O=CC1(Cc2ccccc2)[C@@H]2[C@@H]3CC[C@@H]4C5C6[C@H]7[C@H]8[C@@H](CC[C@@H]58)[C@H]1[C@@H]7[C@H]2[C@H]6[C@H]34. The third-order valence-corrected chi connectivity index (χ3v) is 12.8. The highest BCUT2D eigenvalue weighted by molar-refractivity contribution is 5.65. The van der Waals surface area contributed by atoms with Crippen LogP contribution in [0.4, 0.5) is 0 Å². The van der Waals surface area contributed by atoms with Gasteiger partial charge in [0, 0.05) is 5.41 Å². The second kappa shape index (κ2) is 4.33. The Balaban J connectivity index is 1.31. The van der Waals surface area contributed by atoms with Gasteiger partial charge in [-0.05, 0) is 121 Å². The van der Waals surface area contributed by atoms with Crippen molar-refractivity contribution in [3.63, 3.8) is 0 Å². The van der Waals surface area contributed by atoms with Crippen LogP contribution < -0.4 is 0 Å². The summed E-state index contributed by atoms with van der Waals surface area (Å²) in [5.41, 5.74) is 1.41. The molecule has 0 aliphatic heterocycles. The van der Waals surface area contributed by atoms with Gasteiger partial charge in [-0.2, -0.15) is 0 Å². The van der Waals surface area contributed by atoms with Gasteiger partial charge in [-0.3, -0.25) is 0 Å². The van der Waals surface area contributed by atoms with Crippen LogP contribution in [0.5, 0.6) is 0 Å². The van der Waals surface area contributed by atoms with Crippen LogP contribution in [0.2, 0.25) is 0 Å². The second-order valence-corrected chi connectivity index (χ2v) is 12.4. The first kappa shape index (κ1) is 14.8. The lowest BCUT2D eigenvalue weighted by Crippen LogP contribution is -2.43. The molecule has 28 heavy (non-hydrogen) atoms. The fourth-order valence-electron chi connectivity index (χ4n) is 13.4. The van der Waals surface area contributed by atoms with Gasteiger partial charge in [0.15, 0.2) is 0 Å². The lowest BCUT2D eigenvalue weighted by Gasteiger charge is -2.42. The minimum atomic E-state index is -0.0229. The Hall–Kier alpha value is -1.11. The number of fused-ring (bicyclic) bond motifs is 4. The summed E-state index contributed by atoms with van der Waals surface area (Å²) in [7, 11) is 0. The fourth-order valence-corrected chi connectivity index (χ4v) is 13.4. The summed E-state index contributed by atoms with van der Waals surface area (Å²) in [6, 6.07) is 11.1. The average Bonchev–Trinajstić information content (AvgIpc) is 3.48. The second-order valence-electron chi connectivity index (χ2n) is 12.4. The van der Waals surface area contributed by atoms with Gasteiger partial charge in [0.05, 0.1) is 0 Å². The lowest BCUT2D eigenvalue weighted by atomic mass is 9.61. The standard InChI is InChI=1S/C27H30O/c28-11-27(10-12-4-2-1-3-5-12)25-15-8-6-13-17-14-7-9-16-19(14)22-20(17)21(18(13)15)23(25)24(22)26(16)27/h1-5,11,13-26H,6-10H2/t13-,14+,15-,16-,17?,18+,19-,20?,21+,22-,23-,24+,25-,26+,27?/m1/s1. The van der Waals surface area contributed by atoms with Crippen LogP contribution >= 0.6 is 0 Å². The first-order chi connectivity index (χ1) is 13.8. The maximum Gasteiger partial charge on any atom is 0.127 e. The summed E-state index contributed by atoms with van der Waals surface area (Å²) in [4.78, 5) is 13.2. The molecule has 1 nitrogen and oxygen atoms in total. The van der Waals surface area contributed by atoms with Crippen molar-refractivity contribution in [2.75, 3.05) is 0 Å². The molecule has 144 valence electrons. The molecule has 0 amide bonds. The van der Waals surface area contributed by atoms with E-state index in [1.54, 1.807) is 6.29 Å². The van der Waals surface area contributed by atoms with E-state index in [1.165, 1.54) is 31.2 Å². The van der Waals surface area contributed by atoms with Crippen LogP contribution in [0, 0.1) is 88.3 Å². The molecule has 0 spiro atoms. The largest absolute Gasteiger partial charge is 0.303 e. The molecule has 8 aliphatic carbocycles. The van der Waals surface area contributed by atoms with Crippen molar-refractivity contribution in [3.05, 3.63) is 35.9 Å². The first-order valence-corrected chi connectivity index (χ1v) is 12.4. The normalized spacial score (nSPS) is 67.1. The number of rotatable bonds is 3. The molecule has 0 bridgehead atoms. The molecule has 0 radical (unpaired) electrons. The Morgan fingerprint density at radius 1 is 0.679 bits per heavy atom. The molecule has 0 N–H and O–H groups in total. The summed E-state index contributed by atoms with van der Waals surface area (Å²) < 4.78 is 0. The Morgan fingerprint density at radius 2 is 1.18 bits per heavy atom. The molecule has 1 heteroatoms. The molecule has 0 saturated heterocycles. The average molecular weight is 371 g/mol. The maximum absolute atomic E-state index is 13.2. The van der Waals surface area contributed by atoms with Crippen molar-refractivity contribution in [3.8, 4) is 0 Å². The lowest BCUT2D eigenvalue weighted by molar-refractivity contribution is -0.123. The zero-order valence-corrected chi connectivity index (χ0v) is 16.5. The molecule has 0 heterocycles. The number of aldehydes is 1. The van der Waals surface area contributed by atoms with E-state index < -0.39 is 0 Å². The van der Waals surface area contributed by atoms with Crippen LogP contribution in [0.15, 0.2) is 30.3 Å². The van der Waals surface area contributed by atoms with E-state index in [9.17, 15) is 4.79 Å². The highest BCUT2D eigenvalue weighted by atomic mass is 16.1. The van der Waals surface area contributed by atoms with Gasteiger partial charge in [0.25, 0.3) is 0 Å². The van der Waals surface area contributed by atoms with Gasteiger partial charge in [-0.15, -0.1) is 0 Å². The van der Waals surface area contributed by atoms with Crippen molar-refractivity contribution < 1.29 is 4.79 Å². The Labute approximate surface area is 167 Å². The van der Waals surface area contributed by atoms with Crippen LogP contribution in [0.1, 0.15) is 31.2 Å². The van der Waals surface area contributed by atoms with E-state index in [2.05, 4.69) is 30.3 Å². The highest BCUT2D eigenvalue weighted by Gasteiger charge is 2.87. The van der Waals surface area contributed by atoms with E-state index in [4.69, 9.17) is 0 Å². The van der Waals surface area contributed by atoms with Crippen molar-refractivity contribution in [1.29, 1.82) is 0 Å². The third kappa shape index (κ3) is 1.20. The molecule has 9 rings (SSSR count). The first-order valence-electron chi connectivity index (χ1n) is 12.4. The summed E-state index contributed by atoms with van der Waals surface area (Å²) in [5.74, 6) is 13.7. The van der Waals surface area contributed by atoms with E-state index in [0.717, 1.165) is 89.3 Å². The zero-order valence-electron chi connectivity index (χ0n) is 16.5. The predicted octanol–water partition coefficient (Wildman–Crippen LogP) is 4.71. The summed E-state index contributed by atoms with van der Waals surface area (Å²) in [6.45, 7) is 0. The Kier molecular flexibility index (Phi) is 2.29. The summed E-state index contributed by atoms with van der Waals surface area (Å²) >= 11 is 0. The van der Waals surface area contributed by atoms with E-state index >= 15 is 0 Å². The van der Waals surface area contributed by atoms with Gasteiger partial charge in [-0.25, -0.2) is 0 Å². The number of carbonyl (C=O) groups is 1. The van der Waals surface area contributed by atoms with Gasteiger partial charge in [0.2, 0.25) is 0 Å². The number of carbonyl (C=O) groups excluding carboxylic acids is 1. The molecular weight excluding hydrogens is 340 g/mol. The van der Waals surface area contributed by atoms with Crippen LogP contribution in [0.3, 0.4) is 0 Å². The minimum Gasteiger partial charge on any atom is -0.303 e. The van der Waals surface area contributed by atoms with Gasteiger partial charge < -0.3 is 4.79 Å². The highest BCUT2D eigenvalue weighted by Crippen LogP contribution is 2.90. The van der Waals surface area contributed by atoms with Crippen LogP contribution in [0.25, 0.3) is 0 Å². The molecule has 8 fully saturated rings. The van der Waals surface area contributed by atoms with Crippen LogP contribution in [-0.4, -0.2) is 6.29 Å². The van der Waals surface area contributed by atoms with Gasteiger partial charge in [-0.1, -0.05) is 30.3 Å². The summed E-state index contributed by atoms with van der Waals surface area (Å²) in [5, 5.41) is 0. The quantitative estimate of drug-likeness (QED) is 0.704. The van der Waals surface area contributed by atoms with Crippen molar-refractivity contribution in [1.82, 2.24) is 0 Å². The van der Waals surface area contributed by atoms with Crippen LogP contribution in [-0.2, 0) is 11.2 Å². The number of hydrogen-bond acceptors (Lipinski definition) is 1. The molecular formula is C27H30O. The molecule has 8 aliphatic rings. The Bertz CT molecular complexity index is 858. The summed E-state index contributed by atoms with van der Waals surface area (Å²) in [6.07, 6.45) is 8.59. The monoisotopic (exact) mass is 370 g/mol. The third-order valence-electron chi connectivity index (χ3n) is 12.8. The molecule has 8 saturated carbocycles. The minimum absolute atomic E-state index is 0.0229. The smallest absolute Gasteiger partial charge is 0.127 e. The molecule has 3 unspecified atom stereocenters. The maximum atomic E-state index is 13.2. The molecule has 15 atom stereocenters. The van der Waals surface area contributed by atoms with Gasteiger partial charge in [0.1, 0.15) is 6.29 Å². The zero-order chi connectivity index (χ0) is 17.9. The fraction of sp³-hybridized carbons (Fsp3) is 0.741. The van der Waals surface area contributed by atoms with Crippen molar-refractivity contribution >= 4 is 6.29 Å². The van der Waals surface area contributed by atoms with Crippen molar-refractivity contribution in [2.45, 2.75) is 32.1 Å². The van der Waals surface area contributed by atoms with Crippen molar-refractivity contribution in [2.24, 2.45) is 88.3 Å². The van der Waals surface area contributed by atoms with E-state index in [0.29, 0.717) is 0 Å². The van der Waals surface area contributed by atoms with E-state index in [-0.39, 0.29) is 5.41 Å². The number of benzene rings is 1. The molecule has 1 aromatic carbocycles. The predicted molar refractivity (Wildman–Crippen MR) is 106 cm³/mol. The molecule has 0 aromatic heterocycles. The Morgan fingerprint density at radius 3 is 1.75 bits per heavy atom. The van der Waals surface area contributed by atoms with E-state index in [1.807, 2.05) is 0 Å².